The third-order valence-corrected chi connectivity index (χ3v) is 2.40. The Morgan fingerprint density at radius 2 is 2.11 bits per heavy atom. The first-order valence-corrected chi connectivity index (χ1v) is 5.90. The third-order valence-electron chi connectivity index (χ3n) is 2.03. The van der Waals surface area contributed by atoms with Crippen LogP contribution in [0.5, 0.6) is 0 Å². The Labute approximate surface area is 111 Å². The number of hydrogen-bond acceptors (Lipinski definition) is 3. The molecule has 1 N–H and O–H groups in total. The summed E-state index contributed by atoms with van der Waals surface area (Å²) in [6.07, 6.45) is 0.211. The van der Waals surface area contributed by atoms with Crippen molar-refractivity contribution < 1.29 is 14.3 Å². The number of ether oxygens (including phenoxy) is 1. The predicted molar refractivity (Wildman–Crippen MR) is 69.9 cm³/mol. The average molecular weight is 270 g/mol. The molecule has 1 aromatic rings. The molecule has 0 aromatic heterocycles. The van der Waals surface area contributed by atoms with Crippen LogP contribution in [0, 0.1) is 0 Å². The predicted octanol–water partition coefficient (Wildman–Crippen LogP) is 3.18. The standard InChI is InChI=1S/C13H16ClNO3/c1-13(2,3)18-12(17)15-7-10-6-9(8-16)4-5-11(10)14/h4-6,8H,7H2,1-3H3,(H,15,17). The smallest absolute Gasteiger partial charge is 0.407 e. The minimum Gasteiger partial charge on any atom is -0.444 e. The van der Waals surface area contributed by atoms with Crippen molar-refractivity contribution in [1.82, 2.24) is 5.32 Å². The number of hydrogen-bond donors (Lipinski definition) is 1. The topological polar surface area (TPSA) is 55.4 Å². The van der Waals surface area contributed by atoms with Gasteiger partial charge in [-0.2, -0.15) is 0 Å². The van der Waals surface area contributed by atoms with Crippen LogP contribution >= 0.6 is 11.6 Å². The van der Waals surface area contributed by atoms with Gasteiger partial charge < -0.3 is 10.1 Å². The van der Waals surface area contributed by atoms with E-state index in [4.69, 9.17) is 16.3 Å². The molecule has 18 heavy (non-hydrogen) atoms. The lowest BCUT2D eigenvalue weighted by Gasteiger charge is -2.19. The first-order valence-electron chi connectivity index (χ1n) is 5.52. The molecule has 0 aliphatic carbocycles. The van der Waals surface area contributed by atoms with Gasteiger partial charge in [-0.1, -0.05) is 17.7 Å². The van der Waals surface area contributed by atoms with E-state index >= 15 is 0 Å². The lowest BCUT2D eigenvalue weighted by atomic mass is 10.1. The van der Waals surface area contributed by atoms with Gasteiger partial charge in [0.05, 0.1) is 0 Å². The summed E-state index contributed by atoms with van der Waals surface area (Å²) in [4.78, 5) is 22.1. The van der Waals surface area contributed by atoms with Crippen LogP contribution in [0.1, 0.15) is 36.7 Å². The van der Waals surface area contributed by atoms with Gasteiger partial charge in [-0.25, -0.2) is 4.79 Å². The van der Waals surface area contributed by atoms with Crippen LogP contribution in [0.15, 0.2) is 18.2 Å². The van der Waals surface area contributed by atoms with Crippen molar-refractivity contribution in [3.05, 3.63) is 34.3 Å². The molecule has 4 nitrogen and oxygen atoms in total. The highest BCUT2D eigenvalue weighted by molar-refractivity contribution is 6.31. The van der Waals surface area contributed by atoms with Crippen LogP contribution in [0.2, 0.25) is 5.02 Å². The van der Waals surface area contributed by atoms with Gasteiger partial charge in [0.2, 0.25) is 0 Å². The fourth-order valence-corrected chi connectivity index (χ4v) is 1.47. The maximum atomic E-state index is 11.5. The van der Waals surface area contributed by atoms with Crippen molar-refractivity contribution in [3.8, 4) is 0 Å². The summed E-state index contributed by atoms with van der Waals surface area (Å²) in [6.45, 7) is 5.57. The molecule has 0 heterocycles. The molecule has 0 unspecified atom stereocenters. The van der Waals surface area contributed by atoms with E-state index < -0.39 is 11.7 Å². The fraction of sp³-hybridized carbons (Fsp3) is 0.385. The molecule has 0 aliphatic heterocycles. The summed E-state index contributed by atoms with van der Waals surface area (Å²) in [5.41, 5.74) is 0.644. The van der Waals surface area contributed by atoms with Crippen molar-refractivity contribution in [2.24, 2.45) is 0 Å². The van der Waals surface area contributed by atoms with Crippen molar-refractivity contribution >= 4 is 24.0 Å². The summed E-state index contributed by atoms with van der Waals surface area (Å²) in [6, 6.07) is 4.87. The van der Waals surface area contributed by atoms with E-state index in [2.05, 4.69) is 5.32 Å². The number of alkyl carbamates (subject to hydrolysis) is 1. The van der Waals surface area contributed by atoms with E-state index in [-0.39, 0.29) is 6.54 Å². The van der Waals surface area contributed by atoms with Gasteiger partial charge in [-0.05, 0) is 38.5 Å². The number of amides is 1. The molecule has 0 saturated carbocycles. The highest BCUT2D eigenvalue weighted by Gasteiger charge is 2.16. The molecule has 1 amide bonds. The Hall–Kier alpha value is -1.55. The summed E-state index contributed by atoms with van der Waals surface area (Å²) >= 11 is 5.96. The molecule has 5 heteroatoms. The Balaban J connectivity index is 2.63. The minimum absolute atomic E-state index is 0.218. The molecule has 0 atom stereocenters. The van der Waals surface area contributed by atoms with Crippen LogP contribution in [0.4, 0.5) is 4.79 Å². The van der Waals surface area contributed by atoms with Crippen molar-refractivity contribution in [3.63, 3.8) is 0 Å². The quantitative estimate of drug-likeness (QED) is 0.858. The average Bonchev–Trinajstić information content (AvgIpc) is 2.25. The van der Waals surface area contributed by atoms with E-state index in [0.717, 1.165) is 6.29 Å². The number of nitrogens with one attached hydrogen (secondary N) is 1. The zero-order chi connectivity index (χ0) is 13.8. The van der Waals surface area contributed by atoms with Crippen LogP contribution in [-0.2, 0) is 11.3 Å². The number of carbonyl (C=O) groups excluding carboxylic acids is 2. The zero-order valence-electron chi connectivity index (χ0n) is 10.6. The van der Waals surface area contributed by atoms with E-state index in [0.29, 0.717) is 16.1 Å². The first kappa shape index (κ1) is 14.5. The van der Waals surface area contributed by atoms with Gasteiger partial charge in [0.1, 0.15) is 11.9 Å². The minimum atomic E-state index is -0.543. The van der Waals surface area contributed by atoms with Crippen LogP contribution in [0.3, 0.4) is 0 Å². The monoisotopic (exact) mass is 269 g/mol. The van der Waals surface area contributed by atoms with Crippen molar-refractivity contribution in [1.29, 1.82) is 0 Å². The zero-order valence-corrected chi connectivity index (χ0v) is 11.4. The third kappa shape index (κ3) is 4.75. The van der Waals surface area contributed by atoms with E-state index in [1.54, 1.807) is 39.0 Å². The molecular weight excluding hydrogens is 254 g/mol. The summed E-state index contributed by atoms with van der Waals surface area (Å²) in [5.74, 6) is 0. The van der Waals surface area contributed by atoms with Gasteiger partial charge in [-0.15, -0.1) is 0 Å². The van der Waals surface area contributed by atoms with Gasteiger partial charge in [0.25, 0.3) is 0 Å². The van der Waals surface area contributed by atoms with Crippen molar-refractivity contribution in [2.45, 2.75) is 32.9 Å². The molecule has 0 aliphatic rings. The number of aldehydes is 1. The van der Waals surface area contributed by atoms with E-state index in [1.807, 2.05) is 0 Å². The number of halogens is 1. The summed E-state index contributed by atoms with van der Waals surface area (Å²) < 4.78 is 5.09. The maximum absolute atomic E-state index is 11.5. The normalized spacial score (nSPS) is 10.9. The van der Waals surface area contributed by atoms with Crippen LogP contribution in [-0.4, -0.2) is 18.0 Å². The molecule has 0 saturated heterocycles. The highest BCUT2D eigenvalue weighted by Crippen LogP contribution is 2.17. The summed E-state index contributed by atoms with van der Waals surface area (Å²) in [7, 11) is 0. The van der Waals surface area contributed by atoms with E-state index in [9.17, 15) is 9.59 Å². The van der Waals surface area contributed by atoms with Gasteiger partial charge in [0, 0.05) is 17.1 Å². The van der Waals surface area contributed by atoms with Gasteiger partial charge in [0.15, 0.2) is 0 Å². The lowest BCUT2D eigenvalue weighted by molar-refractivity contribution is 0.0523. The molecule has 0 bridgehead atoms. The van der Waals surface area contributed by atoms with Gasteiger partial charge >= 0.3 is 6.09 Å². The molecule has 1 aromatic carbocycles. The van der Waals surface area contributed by atoms with Crippen molar-refractivity contribution in [2.75, 3.05) is 0 Å². The Morgan fingerprint density at radius 1 is 1.44 bits per heavy atom. The Kier molecular flexibility index (Phi) is 4.73. The van der Waals surface area contributed by atoms with E-state index in [1.165, 1.54) is 0 Å². The van der Waals surface area contributed by atoms with Crippen LogP contribution < -0.4 is 5.32 Å². The Bertz CT molecular complexity index is 452. The number of carbonyl (C=O) groups is 2. The fourth-order valence-electron chi connectivity index (χ4n) is 1.29. The second-order valence-corrected chi connectivity index (χ2v) is 5.23. The highest BCUT2D eigenvalue weighted by atomic mass is 35.5. The first-order chi connectivity index (χ1) is 8.31. The Morgan fingerprint density at radius 3 is 2.67 bits per heavy atom. The molecule has 98 valence electrons. The SMILES string of the molecule is CC(C)(C)OC(=O)NCc1cc(C=O)ccc1Cl. The van der Waals surface area contributed by atoms with Crippen LogP contribution in [0.25, 0.3) is 0 Å². The maximum Gasteiger partial charge on any atom is 0.407 e. The van der Waals surface area contributed by atoms with Gasteiger partial charge in [-0.3, -0.25) is 4.79 Å². The molecular formula is C13H16ClNO3. The molecule has 0 spiro atoms. The molecule has 0 radical (unpaired) electrons. The second kappa shape index (κ2) is 5.87. The number of benzene rings is 1. The largest absolute Gasteiger partial charge is 0.444 e. The number of rotatable bonds is 3. The molecule has 0 fully saturated rings. The lowest BCUT2D eigenvalue weighted by Crippen LogP contribution is -2.32. The second-order valence-electron chi connectivity index (χ2n) is 4.82. The summed E-state index contributed by atoms with van der Waals surface area (Å²) in [5, 5.41) is 3.08. The molecule has 1 rings (SSSR count).